The third-order valence-electron chi connectivity index (χ3n) is 3.80. The van der Waals surface area contributed by atoms with Crippen molar-refractivity contribution < 1.29 is 13.9 Å². The van der Waals surface area contributed by atoms with Gasteiger partial charge in [0.25, 0.3) is 0 Å². The molecule has 0 aromatic carbocycles. The van der Waals surface area contributed by atoms with E-state index in [1.54, 1.807) is 19.2 Å². The lowest BCUT2D eigenvalue weighted by atomic mass is 10.2. The van der Waals surface area contributed by atoms with Crippen molar-refractivity contribution in [3.63, 3.8) is 0 Å². The summed E-state index contributed by atoms with van der Waals surface area (Å²) in [4.78, 5) is 28.9. The van der Waals surface area contributed by atoms with E-state index < -0.39 is 5.97 Å². The average molecular weight is 364 g/mol. The summed E-state index contributed by atoms with van der Waals surface area (Å²) >= 11 is 0. The number of esters is 1. The van der Waals surface area contributed by atoms with Crippen LogP contribution in [0.15, 0.2) is 47.3 Å². The van der Waals surface area contributed by atoms with Crippen molar-refractivity contribution in [2.45, 2.75) is 13.8 Å². The van der Waals surface area contributed by atoms with Crippen LogP contribution in [-0.4, -0.2) is 36.9 Å². The maximum atomic E-state index is 11.7. The van der Waals surface area contributed by atoms with Crippen LogP contribution in [0.25, 0.3) is 17.0 Å². The molecule has 0 unspecified atom stereocenters. The van der Waals surface area contributed by atoms with E-state index in [0.717, 1.165) is 17.0 Å². The van der Waals surface area contributed by atoms with Crippen molar-refractivity contribution in [2.24, 2.45) is 0 Å². The molecule has 4 aromatic rings. The summed E-state index contributed by atoms with van der Waals surface area (Å²) in [5, 5.41) is 2.85. The Bertz CT molecular complexity index is 1120. The van der Waals surface area contributed by atoms with E-state index in [1.807, 2.05) is 35.7 Å². The molecule has 0 saturated heterocycles. The molecule has 1 N–H and O–H groups in total. The molecule has 4 heterocycles. The maximum absolute atomic E-state index is 11.7. The Hall–Kier alpha value is -3.75. The highest BCUT2D eigenvalue weighted by Crippen LogP contribution is 2.24. The van der Waals surface area contributed by atoms with Gasteiger partial charge in [-0.1, -0.05) is 6.07 Å². The van der Waals surface area contributed by atoms with Gasteiger partial charge in [-0.15, -0.1) is 0 Å². The number of carbonyl (C=O) groups excluding carboxylic acids is 1. The number of hydrogen-bond donors (Lipinski definition) is 1. The molecule has 0 aliphatic carbocycles. The van der Waals surface area contributed by atoms with Crippen LogP contribution in [-0.2, 0) is 4.74 Å². The number of aromatic nitrogens is 5. The Kier molecular flexibility index (Phi) is 4.25. The van der Waals surface area contributed by atoms with Gasteiger partial charge in [-0.25, -0.2) is 24.7 Å². The molecule has 0 spiro atoms. The second-order valence-corrected chi connectivity index (χ2v) is 5.62. The number of oxazole rings is 1. The van der Waals surface area contributed by atoms with Gasteiger partial charge in [0.15, 0.2) is 0 Å². The first-order chi connectivity index (χ1) is 13.2. The molecule has 4 rings (SSSR count). The number of fused-ring (bicyclic) bond motifs is 1. The summed E-state index contributed by atoms with van der Waals surface area (Å²) in [5.41, 5.74) is 3.26. The number of nitrogens with one attached hydrogen (secondary N) is 1. The summed E-state index contributed by atoms with van der Waals surface area (Å²) in [5.74, 6) is -0.280. The highest BCUT2D eigenvalue weighted by Gasteiger charge is 2.16. The number of hydrogen-bond acceptors (Lipinski definition) is 8. The second-order valence-electron chi connectivity index (χ2n) is 5.62. The first-order valence-corrected chi connectivity index (χ1v) is 8.33. The average Bonchev–Trinajstić information content (AvgIpc) is 3.25. The minimum atomic E-state index is -0.575. The summed E-state index contributed by atoms with van der Waals surface area (Å²) in [6.07, 6.45) is 4.85. The normalized spacial score (nSPS) is 10.9. The fourth-order valence-corrected chi connectivity index (χ4v) is 2.70. The first kappa shape index (κ1) is 16.7. The van der Waals surface area contributed by atoms with Gasteiger partial charge in [0.05, 0.1) is 29.9 Å². The lowest BCUT2D eigenvalue weighted by molar-refractivity contribution is 0.0491. The summed E-state index contributed by atoms with van der Waals surface area (Å²) in [6.45, 7) is 3.90. The fraction of sp³-hybridized carbons (Fsp3) is 0.167. The molecule has 27 heavy (non-hydrogen) atoms. The highest BCUT2D eigenvalue weighted by atomic mass is 16.5. The molecule has 0 fully saturated rings. The van der Waals surface area contributed by atoms with Crippen LogP contribution in [0.5, 0.6) is 0 Å². The predicted octanol–water partition coefficient (Wildman–Crippen LogP) is 3.01. The van der Waals surface area contributed by atoms with Crippen molar-refractivity contribution >= 4 is 23.6 Å². The van der Waals surface area contributed by atoms with Gasteiger partial charge in [-0.2, -0.15) is 0 Å². The van der Waals surface area contributed by atoms with E-state index in [0.29, 0.717) is 5.69 Å². The van der Waals surface area contributed by atoms with Crippen molar-refractivity contribution in [1.82, 2.24) is 24.3 Å². The summed E-state index contributed by atoms with van der Waals surface area (Å²) < 4.78 is 12.2. The molecule has 0 amide bonds. The topological polar surface area (TPSA) is 107 Å². The molecule has 0 bridgehead atoms. The minimum Gasteiger partial charge on any atom is -0.460 e. The third kappa shape index (κ3) is 3.22. The molecule has 0 saturated carbocycles. The maximum Gasteiger partial charge on any atom is 0.376 e. The van der Waals surface area contributed by atoms with Crippen molar-refractivity contribution in [2.75, 3.05) is 11.9 Å². The van der Waals surface area contributed by atoms with Crippen molar-refractivity contribution in [1.29, 1.82) is 0 Å². The smallest absolute Gasteiger partial charge is 0.376 e. The van der Waals surface area contributed by atoms with Crippen LogP contribution in [0.3, 0.4) is 0 Å². The predicted molar refractivity (Wildman–Crippen MR) is 96.7 cm³/mol. The summed E-state index contributed by atoms with van der Waals surface area (Å²) in [7, 11) is 0. The number of aryl methyl sites for hydroxylation is 1. The standard InChI is InChI=1S/C18H16N6O3/c1-3-26-16(25)13-10-20-18(27-13)23-17-19-8-7-12(22-17)15-11(2)21-14-6-4-5-9-24(14)15/h4-10H,3H2,1-2H3,(H,19,20,22,23). The highest BCUT2D eigenvalue weighted by molar-refractivity contribution is 5.86. The first-order valence-electron chi connectivity index (χ1n) is 8.33. The number of ether oxygens (including phenoxy) is 1. The molecule has 0 aliphatic heterocycles. The van der Waals surface area contributed by atoms with Crippen LogP contribution >= 0.6 is 0 Å². The van der Waals surface area contributed by atoms with Crippen LogP contribution in [0.1, 0.15) is 23.2 Å². The molecule has 9 heteroatoms. The Morgan fingerprint density at radius 3 is 3.00 bits per heavy atom. The molecule has 0 atom stereocenters. The van der Waals surface area contributed by atoms with Gasteiger partial charge in [0, 0.05) is 12.4 Å². The fourth-order valence-electron chi connectivity index (χ4n) is 2.70. The van der Waals surface area contributed by atoms with Crippen LogP contribution in [0, 0.1) is 6.92 Å². The Balaban J connectivity index is 1.63. The minimum absolute atomic E-state index is 0.00753. The van der Waals surface area contributed by atoms with Gasteiger partial charge in [0.2, 0.25) is 11.7 Å². The molecular weight excluding hydrogens is 348 g/mol. The lowest BCUT2D eigenvalue weighted by Crippen LogP contribution is -2.02. The molecule has 0 radical (unpaired) electrons. The zero-order valence-electron chi connectivity index (χ0n) is 14.7. The SMILES string of the molecule is CCOC(=O)c1cnc(Nc2nccc(-c3c(C)nc4ccccn34)n2)o1. The Morgan fingerprint density at radius 1 is 1.26 bits per heavy atom. The van der Waals surface area contributed by atoms with Gasteiger partial charge < -0.3 is 9.15 Å². The number of rotatable bonds is 5. The lowest BCUT2D eigenvalue weighted by Gasteiger charge is -2.05. The van der Waals surface area contributed by atoms with Crippen molar-refractivity contribution in [3.05, 3.63) is 54.3 Å². The van der Waals surface area contributed by atoms with Gasteiger partial charge in [-0.05, 0) is 32.0 Å². The van der Waals surface area contributed by atoms with E-state index in [1.165, 1.54) is 6.20 Å². The third-order valence-corrected chi connectivity index (χ3v) is 3.80. The number of anilines is 2. The van der Waals surface area contributed by atoms with Gasteiger partial charge >= 0.3 is 12.0 Å². The Labute approximate surface area is 154 Å². The number of nitrogens with zero attached hydrogens (tertiary/aromatic N) is 5. The molecule has 9 nitrogen and oxygen atoms in total. The largest absolute Gasteiger partial charge is 0.460 e. The number of imidazole rings is 1. The van der Waals surface area contributed by atoms with E-state index >= 15 is 0 Å². The van der Waals surface area contributed by atoms with E-state index in [4.69, 9.17) is 9.15 Å². The van der Waals surface area contributed by atoms with E-state index in [2.05, 4.69) is 25.3 Å². The van der Waals surface area contributed by atoms with E-state index in [-0.39, 0.29) is 24.3 Å². The Morgan fingerprint density at radius 2 is 2.15 bits per heavy atom. The van der Waals surface area contributed by atoms with Crippen LogP contribution < -0.4 is 5.32 Å². The molecule has 0 aliphatic rings. The quantitative estimate of drug-likeness (QED) is 0.539. The zero-order valence-corrected chi connectivity index (χ0v) is 14.7. The number of pyridine rings is 1. The monoisotopic (exact) mass is 364 g/mol. The zero-order chi connectivity index (χ0) is 18.8. The second kappa shape index (κ2) is 6.87. The molecule has 4 aromatic heterocycles. The van der Waals surface area contributed by atoms with Crippen molar-refractivity contribution in [3.8, 4) is 11.4 Å². The van der Waals surface area contributed by atoms with Crippen LogP contribution in [0.2, 0.25) is 0 Å². The number of carbonyl (C=O) groups is 1. The summed E-state index contributed by atoms with van der Waals surface area (Å²) in [6, 6.07) is 7.70. The van der Waals surface area contributed by atoms with Crippen LogP contribution in [0.4, 0.5) is 12.0 Å². The van der Waals surface area contributed by atoms with Gasteiger partial charge in [0.1, 0.15) is 5.65 Å². The van der Waals surface area contributed by atoms with Gasteiger partial charge in [-0.3, -0.25) is 9.72 Å². The van der Waals surface area contributed by atoms with E-state index in [9.17, 15) is 4.79 Å². The molecule has 136 valence electrons. The molecular formula is C18H16N6O3.